The van der Waals surface area contributed by atoms with Crippen LogP contribution in [0.1, 0.15) is 37.3 Å². The van der Waals surface area contributed by atoms with Gasteiger partial charge in [0.25, 0.3) is 0 Å². The molecule has 1 aromatic rings. The summed E-state index contributed by atoms with van der Waals surface area (Å²) in [4.78, 5) is 2.51. The second-order valence-corrected chi connectivity index (χ2v) is 6.12. The minimum absolute atomic E-state index is 0.847. The van der Waals surface area contributed by atoms with E-state index in [1.54, 1.807) is 0 Å². The molecule has 0 unspecified atom stereocenters. The first kappa shape index (κ1) is 13.1. The van der Waals surface area contributed by atoms with Crippen molar-refractivity contribution >= 4 is 0 Å². The zero-order valence-corrected chi connectivity index (χ0v) is 12.1. The maximum Gasteiger partial charge on any atom is 0.146 e. The largest absolute Gasteiger partial charge is 0.317 e. The van der Waals surface area contributed by atoms with Gasteiger partial charge in [0.2, 0.25) is 0 Å². The molecule has 0 spiro atoms. The molecule has 5 heteroatoms. The highest BCUT2D eigenvalue weighted by atomic mass is 15.3. The van der Waals surface area contributed by atoms with Crippen LogP contribution in [0.5, 0.6) is 0 Å². The lowest BCUT2D eigenvalue weighted by Crippen LogP contribution is -2.37. The van der Waals surface area contributed by atoms with E-state index in [-0.39, 0.29) is 0 Å². The smallest absolute Gasteiger partial charge is 0.146 e. The summed E-state index contributed by atoms with van der Waals surface area (Å²) in [5.74, 6) is 2.96. The summed E-state index contributed by atoms with van der Waals surface area (Å²) in [6.45, 7) is 6.57. The lowest BCUT2D eigenvalue weighted by atomic mass is 9.97. The molecule has 1 N–H and O–H groups in total. The summed E-state index contributed by atoms with van der Waals surface area (Å²) in [7, 11) is 2.05. The van der Waals surface area contributed by atoms with Crippen molar-refractivity contribution in [2.24, 2.45) is 13.0 Å². The Labute approximate surface area is 115 Å². The van der Waals surface area contributed by atoms with Crippen LogP contribution in [0.4, 0.5) is 0 Å². The van der Waals surface area contributed by atoms with Gasteiger partial charge in [-0.05, 0) is 58.2 Å². The third-order valence-electron chi connectivity index (χ3n) is 4.53. The van der Waals surface area contributed by atoms with Gasteiger partial charge in [-0.2, -0.15) is 0 Å². The van der Waals surface area contributed by atoms with E-state index >= 15 is 0 Å². The molecule has 0 aromatic carbocycles. The molecule has 5 nitrogen and oxygen atoms in total. The summed E-state index contributed by atoms with van der Waals surface area (Å²) in [5.41, 5.74) is 0. The van der Waals surface area contributed by atoms with E-state index in [1.165, 1.54) is 45.3 Å². The zero-order valence-electron chi connectivity index (χ0n) is 12.1. The van der Waals surface area contributed by atoms with Crippen LogP contribution < -0.4 is 5.32 Å². The molecule has 1 saturated carbocycles. The maximum atomic E-state index is 4.26. The quantitative estimate of drug-likeness (QED) is 0.864. The predicted octanol–water partition coefficient (Wildman–Crippen LogP) is 1.09. The Morgan fingerprint density at radius 2 is 1.89 bits per heavy atom. The average Bonchev–Trinajstić information content (AvgIpc) is 3.20. The van der Waals surface area contributed by atoms with Crippen molar-refractivity contribution < 1.29 is 0 Å². The molecule has 0 bridgehead atoms. The van der Waals surface area contributed by atoms with Crippen LogP contribution in [0.3, 0.4) is 0 Å². The second kappa shape index (κ2) is 5.59. The minimum Gasteiger partial charge on any atom is -0.317 e. The number of nitrogens with zero attached hydrogens (tertiary/aromatic N) is 4. The Hall–Kier alpha value is -0.940. The Kier molecular flexibility index (Phi) is 3.84. The Morgan fingerprint density at radius 3 is 2.47 bits per heavy atom. The van der Waals surface area contributed by atoms with Crippen LogP contribution >= 0.6 is 0 Å². The summed E-state index contributed by atoms with van der Waals surface area (Å²) in [6.07, 6.45) is 5.42. The predicted molar refractivity (Wildman–Crippen MR) is 74.8 cm³/mol. The van der Waals surface area contributed by atoms with Gasteiger partial charge in [0.05, 0.1) is 6.54 Å². The van der Waals surface area contributed by atoms with Gasteiger partial charge in [0.15, 0.2) is 0 Å². The average molecular weight is 263 g/mol. The summed E-state index contributed by atoms with van der Waals surface area (Å²) in [5, 5.41) is 12.0. The Balaban J connectivity index is 1.43. The highest BCUT2D eigenvalue weighted by Gasteiger charge is 2.24. The van der Waals surface area contributed by atoms with E-state index in [1.807, 2.05) is 6.92 Å². The van der Waals surface area contributed by atoms with Crippen molar-refractivity contribution in [3.63, 3.8) is 0 Å². The molecule has 0 amide bonds. The normalized spacial score (nSPS) is 22.0. The molecule has 2 fully saturated rings. The van der Waals surface area contributed by atoms with Gasteiger partial charge >= 0.3 is 0 Å². The SMILES string of the molecule is Cc1nnc(CN2CCC(CNC3CC3)CC2)n1C. The van der Waals surface area contributed by atoms with Gasteiger partial charge in [-0.25, -0.2) is 0 Å². The van der Waals surface area contributed by atoms with Crippen LogP contribution in [0, 0.1) is 12.8 Å². The van der Waals surface area contributed by atoms with Crippen molar-refractivity contribution in [1.82, 2.24) is 25.0 Å². The van der Waals surface area contributed by atoms with Crippen molar-refractivity contribution in [3.8, 4) is 0 Å². The minimum atomic E-state index is 0.847. The standard InChI is InChI=1S/C14H25N5/c1-11-16-17-14(18(11)2)10-19-7-5-12(6-8-19)9-15-13-3-4-13/h12-13,15H,3-10H2,1-2H3. The maximum absolute atomic E-state index is 4.26. The first-order chi connectivity index (χ1) is 9.22. The third kappa shape index (κ3) is 3.34. The number of nitrogens with one attached hydrogen (secondary N) is 1. The number of likely N-dealkylation sites (tertiary alicyclic amines) is 1. The molecule has 1 aliphatic heterocycles. The van der Waals surface area contributed by atoms with E-state index in [9.17, 15) is 0 Å². The summed E-state index contributed by atoms with van der Waals surface area (Å²) < 4.78 is 2.10. The summed E-state index contributed by atoms with van der Waals surface area (Å²) in [6, 6.07) is 0.847. The second-order valence-electron chi connectivity index (χ2n) is 6.12. The lowest BCUT2D eigenvalue weighted by molar-refractivity contribution is 0.170. The van der Waals surface area contributed by atoms with Crippen molar-refractivity contribution in [2.75, 3.05) is 19.6 Å². The van der Waals surface area contributed by atoms with Crippen LogP contribution in [0.15, 0.2) is 0 Å². The fraction of sp³-hybridized carbons (Fsp3) is 0.857. The van der Waals surface area contributed by atoms with Gasteiger partial charge in [-0.15, -0.1) is 10.2 Å². The third-order valence-corrected chi connectivity index (χ3v) is 4.53. The van der Waals surface area contributed by atoms with E-state index < -0.39 is 0 Å². The van der Waals surface area contributed by atoms with Crippen molar-refractivity contribution in [1.29, 1.82) is 0 Å². The van der Waals surface area contributed by atoms with E-state index in [0.29, 0.717) is 0 Å². The number of rotatable bonds is 5. The topological polar surface area (TPSA) is 46.0 Å². The number of aromatic nitrogens is 3. The monoisotopic (exact) mass is 263 g/mol. The molecule has 19 heavy (non-hydrogen) atoms. The van der Waals surface area contributed by atoms with E-state index in [4.69, 9.17) is 0 Å². The molecule has 1 aromatic heterocycles. The van der Waals surface area contributed by atoms with E-state index in [2.05, 4.69) is 32.0 Å². The molecule has 2 aliphatic rings. The molecular formula is C14H25N5. The fourth-order valence-electron chi connectivity index (χ4n) is 2.76. The van der Waals surface area contributed by atoms with Crippen LogP contribution in [0.25, 0.3) is 0 Å². The number of aryl methyl sites for hydroxylation is 1. The number of piperidine rings is 1. The highest BCUT2D eigenvalue weighted by Crippen LogP contribution is 2.22. The molecule has 1 aliphatic carbocycles. The van der Waals surface area contributed by atoms with Crippen LogP contribution in [-0.2, 0) is 13.6 Å². The van der Waals surface area contributed by atoms with Gasteiger partial charge in [0, 0.05) is 13.1 Å². The lowest BCUT2D eigenvalue weighted by Gasteiger charge is -2.31. The van der Waals surface area contributed by atoms with Crippen LogP contribution in [0.2, 0.25) is 0 Å². The fourth-order valence-corrected chi connectivity index (χ4v) is 2.76. The van der Waals surface area contributed by atoms with E-state index in [0.717, 1.165) is 30.2 Å². The first-order valence-corrected chi connectivity index (χ1v) is 7.53. The number of hydrogen-bond donors (Lipinski definition) is 1. The molecule has 0 radical (unpaired) electrons. The van der Waals surface area contributed by atoms with Crippen molar-refractivity contribution in [3.05, 3.63) is 11.6 Å². The molecule has 106 valence electrons. The summed E-state index contributed by atoms with van der Waals surface area (Å²) >= 11 is 0. The van der Waals surface area contributed by atoms with Gasteiger partial charge < -0.3 is 9.88 Å². The van der Waals surface area contributed by atoms with Gasteiger partial charge in [-0.3, -0.25) is 4.90 Å². The van der Waals surface area contributed by atoms with Gasteiger partial charge in [0.1, 0.15) is 11.6 Å². The molecule has 1 saturated heterocycles. The molecule has 2 heterocycles. The Morgan fingerprint density at radius 1 is 1.16 bits per heavy atom. The number of hydrogen-bond acceptors (Lipinski definition) is 4. The Bertz CT molecular complexity index is 415. The van der Waals surface area contributed by atoms with Crippen molar-refractivity contribution in [2.45, 2.75) is 45.2 Å². The first-order valence-electron chi connectivity index (χ1n) is 7.53. The molecule has 3 rings (SSSR count). The highest BCUT2D eigenvalue weighted by molar-refractivity contribution is 4.93. The molecule has 0 atom stereocenters. The van der Waals surface area contributed by atoms with Crippen LogP contribution in [-0.4, -0.2) is 45.3 Å². The molecular weight excluding hydrogens is 238 g/mol. The zero-order chi connectivity index (χ0) is 13.2. The van der Waals surface area contributed by atoms with Gasteiger partial charge in [-0.1, -0.05) is 0 Å².